The highest BCUT2D eigenvalue weighted by Crippen LogP contribution is 2.25. The molecule has 0 aliphatic carbocycles. The van der Waals surface area contributed by atoms with E-state index < -0.39 is 9.84 Å². The van der Waals surface area contributed by atoms with E-state index in [2.05, 4.69) is 0 Å². The summed E-state index contributed by atoms with van der Waals surface area (Å²) >= 11 is 6.08. The van der Waals surface area contributed by atoms with Crippen LogP contribution in [0, 0.1) is 13.8 Å². The van der Waals surface area contributed by atoms with Gasteiger partial charge in [0.25, 0.3) is 0 Å². The predicted octanol–water partition coefficient (Wildman–Crippen LogP) is 3.93. The molecular formula is C15H15ClO2S. The lowest BCUT2D eigenvalue weighted by Crippen LogP contribution is -2.06. The van der Waals surface area contributed by atoms with Gasteiger partial charge in [0.2, 0.25) is 0 Å². The first-order valence-corrected chi connectivity index (χ1v) is 7.96. The maximum atomic E-state index is 12.4. The van der Waals surface area contributed by atoms with Crippen molar-refractivity contribution < 1.29 is 8.42 Å². The number of benzene rings is 2. The first kappa shape index (κ1) is 14.1. The molecule has 0 radical (unpaired) electrons. The molecule has 2 aromatic carbocycles. The number of rotatable bonds is 3. The summed E-state index contributed by atoms with van der Waals surface area (Å²) in [7, 11) is -3.36. The van der Waals surface area contributed by atoms with E-state index in [9.17, 15) is 8.42 Å². The van der Waals surface area contributed by atoms with Gasteiger partial charge in [0.05, 0.1) is 10.6 Å². The van der Waals surface area contributed by atoms with Gasteiger partial charge in [0, 0.05) is 5.02 Å². The zero-order valence-corrected chi connectivity index (χ0v) is 12.4. The maximum absolute atomic E-state index is 12.4. The molecule has 4 heteroatoms. The molecule has 0 saturated carbocycles. The van der Waals surface area contributed by atoms with Gasteiger partial charge in [-0.3, -0.25) is 0 Å². The average Bonchev–Trinajstić information content (AvgIpc) is 2.35. The Kier molecular flexibility index (Phi) is 3.97. The Hall–Kier alpha value is -1.32. The Morgan fingerprint density at radius 3 is 2.21 bits per heavy atom. The standard InChI is InChI=1S/C15H15ClO2S/c1-11-6-8-13(9-7-11)19(17,18)10-14-12(2)4-3-5-15(14)16/h3-9H,10H2,1-2H3. The maximum Gasteiger partial charge on any atom is 0.182 e. The Labute approximate surface area is 119 Å². The summed E-state index contributed by atoms with van der Waals surface area (Å²) in [4.78, 5) is 0.331. The highest BCUT2D eigenvalue weighted by Gasteiger charge is 2.18. The molecule has 2 rings (SSSR count). The SMILES string of the molecule is Cc1ccc(S(=O)(=O)Cc2c(C)cccc2Cl)cc1. The number of hydrogen-bond acceptors (Lipinski definition) is 2. The van der Waals surface area contributed by atoms with Gasteiger partial charge in [-0.1, -0.05) is 41.4 Å². The van der Waals surface area contributed by atoms with Gasteiger partial charge in [-0.2, -0.15) is 0 Å². The van der Waals surface area contributed by atoms with Crippen LogP contribution in [0.4, 0.5) is 0 Å². The second-order valence-electron chi connectivity index (χ2n) is 4.61. The molecule has 0 saturated heterocycles. The zero-order chi connectivity index (χ0) is 14.0. The van der Waals surface area contributed by atoms with Gasteiger partial charge in [-0.05, 0) is 43.2 Å². The summed E-state index contributed by atoms with van der Waals surface area (Å²) in [6.45, 7) is 3.79. The number of hydrogen-bond donors (Lipinski definition) is 0. The normalized spacial score (nSPS) is 11.5. The van der Waals surface area contributed by atoms with E-state index in [0.717, 1.165) is 11.1 Å². The van der Waals surface area contributed by atoms with E-state index in [0.29, 0.717) is 15.5 Å². The van der Waals surface area contributed by atoms with Gasteiger partial charge < -0.3 is 0 Å². The van der Waals surface area contributed by atoms with E-state index >= 15 is 0 Å². The number of aryl methyl sites for hydroxylation is 2. The third-order valence-corrected chi connectivity index (χ3v) is 5.08. The van der Waals surface area contributed by atoms with Crippen LogP contribution in [0.5, 0.6) is 0 Å². The van der Waals surface area contributed by atoms with Gasteiger partial charge in [0.15, 0.2) is 9.84 Å². The summed E-state index contributed by atoms with van der Waals surface area (Å²) in [6, 6.07) is 12.3. The molecule has 0 unspecified atom stereocenters. The van der Waals surface area contributed by atoms with Crippen molar-refractivity contribution in [3.63, 3.8) is 0 Å². The van der Waals surface area contributed by atoms with Crippen LogP contribution in [0.25, 0.3) is 0 Å². The Bertz CT molecular complexity index is 668. The van der Waals surface area contributed by atoms with Crippen LogP contribution in [-0.4, -0.2) is 8.42 Å². The molecule has 0 amide bonds. The fourth-order valence-corrected chi connectivity index (χ4v) is 3.72. The molecule has 0 atom stereocenters. The molecule has 2 aromatic rings. The van der Waals surface area contributed by atoms with Crippen molar-refractivity contribution in [1.82, 2.24) is 0 Å². The number of sulfone groups is 1. The van der Waals surface area contributed by atoms with Crippen molar-refractivity contribution in [2.24, 2.45) is 0 Å². The van der Waals surface area contributed by atoms with Crippen LogP contribution in [0.3, 0.4) is 0 Å². The molecule has 2 nitrogen and oxygen atoms in total. The minimum absolute atomic E-state index is 0.0679. The van der Waals surface area contributed by atoms with Crippen molar-refractivity contribution in [2.45, 2.75) is 24.5 Å². The topological polar surface area (TPSA) is 34.1 Å². The minimum Gasteiger partial charge on any atom is -0.223 e. The molecule has 19 heavy (non-hydrogen) atoms. The van der Waals surface area contributed by atoms with Gasteiger partial charge >= 0.3 is 0 Å². The summed E-state index contributed by atoms with van der Waals surface area (Å²) in [5, 5.41) is 0.496. The molecule has 0 aromatic heterocycles. The van der Waals surface area contributed by atoms with Crippen LogP contribution >= 0.6 is 11.6 Å². The molecule has 0 N–H and O–H groups in total. The minimum atomic E-state index is -3.36. The third-order valence-electron chi connectivity index (χ3n) is 3.07. The average molecular weight is 295 g/mol. The summed E-state index contributed by atoms with van der Waals surface area (Å²) in [5.74, 6) is -0.0679. The Morgan fingerprint density at radius 1 is 1.00 bits per heavy atom. The van der Waals surface area contributed by atoms with Crippen LogP contribution < -0.4 is 0 Å². The largest absolute Gasteiger partial charge is 0.223 e. The van der Waals surface area contributed by atoms with Crippen LogP contribution in [0.15, 0.2) is 47.4 Å². The molecule has 0 fully saturated rings. The van der Waals surface area contributed by atoms with Crippen molar-refractivity contribution in [3.05, 3.63) is 64.2 Å². The van der Waals surface area contributed by atoms with E-state index in [1.54, 1.807) is 30.3 Å². The van der Waals surface area contributed by atoms with Crippen molar-refractivity contribution in [3.8, 4) is 0 Å². The van der Waals surface area contributed by atoms with E-state index in [1.165, 1.54) is 0 Å². The Balaban J connectivity index is 2.39. The smallest absolute Gasteiger partial charge is 0.182 e. The highest BCUT2D eigenvalue weighted by molar-refractivity contribution is 7.90. The summed E-state index contributed by atoms with van der Waals surface area (Å²) in [5.41, 5.74) is 2.60. The summed E-state index contributed by atoms with van der Waals surface area (Å²) in [6.07, 6.45) is 0. The Morgan fingerprint density at radius 2 is 1.63 bits per heavy atom. The molecule has 0 aliphatic heterocycles. The van der Waals surface area contributed by atoms with E-state index in [1.807, 2.05) is 26.0 Å². The van der Waals surface area contributed by atoms with Gasteiger partial charge in [-0.25, -0.2) is 8.42 Å². The molecule has 0 aliphatic rings. The fourth-order valence-electron chi connectivity index (χ4n) is 1.87. The molecule has 0 spiro atoms. The third kappa shape index (κ3) is 3.17. The molecular weight excluding hydrogens is 280 g/mol. The quantitative estimate of drug-likeness (QED) is 0.859. The van der Waals surface area contributed by atoms with E-state index in [4.69, 9.17) is 11.6 Å². The van der Waals surface area contributed by atoms with Crippen LogP contribution in [-0.2, 0) is 15.6 Å². The van der Waals surface area contributed by atoms with Crippen molar-refractivity contribution in [2.75, 3.05) is 0 Å². The summed E-state index contributed by atoms with van der Waals surface area (Å²) < 4.78 is 24.7. The lowest BCUT2D eigenvalue weighted by atomic mass is 10.1. The number of halogens is 1. The molecule has 100 valence electrons. The lowest BCUT2D eigenvalue weighted by Gasteiger charge is -2.09. The molecule has 0 heterocycles. The first-order valence-electron chi connectivity index (χ1n) is 5.93. The van der Waals surface area contributed by atoms with E-state index in [-0.39, 0.29) is 5.75 Å². The van der Waals surface area contributed by atoms with Crippen LogP contribution in [0.2, 0.25) is 5.02 Å². The van der Waals surface area contributed by atoms with Gasteiger partial charge in [0.1, 0.15) is 0 Å². The first-order chi connectivity index (χ1) is 8.90. The zero-order valence-electron chi connectivity index (χ0n) is 10.9. The highest BCUT2D eigenvalue weighted by atomic mass is 35.5. The van der Waals surface area contributed by atoms with Crippen molar-refractivity contribution in [1.29, 1.82) is 0 Å². The predicted molar refractivity (Wildman–Crippen MR) is 78.3 cm³/mol. The second-order valence-corrected chi connectivity index (χ2v) is 7.00. The fraction of sp³-hybridized carbons (Fsp3) is 0.200. The second kappa shape index (κ2) is 5.35. The monoisotopic (exact) mass is 294 g/mol. The molecule has 0 bridgehead atoms. The van der Waals surface area contributed by atoms with Crippen LogP contribution in [0.1, 0.15) is 16.7 Å². The van der Waals surface area contributed by atoms with Crippen molar-refractivity contribution >= 4 is 21.4 Å². The lowest BCUT2D eigenvalue weighted by molar-refractivity contribution is 0.595. The van der Waals surface area contributed by atoms with Gasteiger partial charge in [-0.15, -0.1) is 0 Å².